The van der Waals surface area contributed by atoms with Gasteiger partial charge < -0.3 is 4.57 Å². The van der Waals surface area contributed by atoms with Gasteiger partial charge in [-0.3, -0.25) is 0 Å². The third kappa shape index (κ3) is 5.19. The molecular formula is C51H32N4. The van der Waals surface area contributed by atoms with Gasteiger partial charge in [0.15, 0.2) is 5.82 Å². The van der Waals surface area contributed by atoms with E-state index in [9.17, 15) is 0 Å². The summed E-state index contributed by atoms with van der Waals surface area (Å²) in [6.45, 7) is 0. The van der Waals surface area contributed by atoms with E-state index in [1.807, 2.05) is 12.1 Å². The minimum absolute atomic E-state index is 0.700. The molecule has 0 saturated heterocycles. The van der Waals surface area contributed by atoms with Crippen molar-refractivity contribution < 1.29 is 0 Å². The molecule has 4 nitrogen and oxygen atoms in total. The molecule has 3 heterocycles. The standard InChI is InChI=1S/C51H32N4/c1-3-13-33(14-4-1)34-23-25-36(26-24-34)49-41-19-8-11-21-46(41)53-51(54-49)37-27-29-38(30-28-37)55-47-22-12-9-18-40(47)43-31-42-39-17-7-10-20-45(39)52-50(44(42)32-48(43)55)35-15-5-2-6-16-35/h1-32H. The van der Waals surface area contributed by atoms with Crippen LogP contribution >= 0.6 is 0 Å². The van der Waals surface area contributed by atoms with Gasteiger partial charge >= 0.3 is 0 Å². The van der Waals surface area contributed by atoms with E-state index in [-0.39, 0.29) is 0 Å². The van der Waals surface area contributed by atoms with Crippen molar-refractivity contribution in [2.24, 2.45) is 0 Å². The van der Waals surface area contributed by atoms with Gasteiger partial charge in [0.1, 0.15) is 0 Å². The fourth-order valence-corrected chi connectivity index (χ4v) is 8.14. The minimum Gasteiger partial charge on any atom is -0.309 e. The summed E-state index contributed by atoms with van der Waals surface area (Å²) in [5, 5.41) is 6.95. The van der Waals surface area contributed by atoms with Crippen LogP contribution in [0.3, 0.4) is 0 Å². The lowest BCUT2D eigenvalue weighted by Crippen LogP contribution is -1.97. The van der Waals surface area contributed by atoms with Gasteiger partial charge in [-0.2, -0.15) is 0 Å². The lowest BCUT2D eigenvalue weighted by atomic mass is 9.98. The molecule has 8 aromatic carbocycles. The highest BCUT2D eigenvalue weighted by molar-refractivity contribution is 6.20. The zero-order valence-corrected chi connectivity index (χ0v) is 29.8. The lowest BCUT2D eigenvalue weighted by Gasteiger charge is -2.13. The molecule has 0 unspecified atom stereocenters. The van der Waals surface area contributed by atoms with Crippen LogP contribution in [0.15, 0.2) is 194 Å². The van der Waals surface area contributed by atoms with Crippen LogP contribution in [0.1, 0.15) is 0 Å². The van der Waals surface area contributed by atoms with Gasteiger partial charge in [-0.1, -0.05) is 140 Å². The van der Waals surface area contributed by atoms with E-state index >= 15 is 0 Å². The number of hydrogen-bond acceptors (Lipinski definition) is 3. The smallest absolute Gasteiger partial charge is 0.160 e. The quantitative estimate of drug-likeness (QED) is 0.168. The predicted octanol–water partition coefficient (Wildman–Crippen LogP) is 13.1. The minimum atomic E-state index is 0.700. The number of hydrogen-bond donors (Lipinski definition) is 0. The fraction of sp³-hybridized carbons (Fsp3) is 0. The van der Waals surface area contributed by atoms with E-state index in [4.69, 9.17) is 15.0 Å². The van der Waals surface area contributed by atoms with Crippen LogP contribution < -0.4 is 0 Å². The SMILES string of the molecule is c1ccc(-c2ccc(-c3nc(-c4ccc(-n5c6ccccc6c6cc7c(cc65)c(-c5ccccc5)nc5ccccc57)cc4)nc4ccccc34)cc2)cc1. The van der Waals surface area contributed by atoms with E-state index < -0.39 is 0 Å². The van der Waals surface area contributed by atoms with Crippen molar-refractivity contribution in [1.29, 1.82) is 0 Å². The second-order valence-electron chi connectivity index (χ2n) is 14.0. The Morgan fingerprint density at radius 3 is 1.56 bits per heavy atom. The molecule has 0 N–H and O–H groups in total. The molecule has 0 aliphatic heterocycles. The van der Waals surface area contributed by atoms with Gasteiger partial charge in [-0.05, 0) is 71.1 Å². The third-order valence-corrected chi connectivity index (χ3v) is 10.8. The molecule has 256 valence electrons. The summed E-state index contributed by atoms with van der Waals surface area (Å²) in [4.78, 5) is 15.5. The van der Waals surface area contributed by atoms with Crippen molar-refractivity contribution in [2.75, 3.05) is 0 Å². The van der Waals surface area contributed by atoms with E-state index in [1.54, 1.807) is 0 Å². The number of para-hydroxylation sites is 3. The molecule has 0 saturated carbocycles. The molecule has 0 aliphatic carbocycles. The van der Waals surface area contributed by atoms with Crippen LogP contribution in [0, 0.1) is 0 Å². The van der Waals surface area contributed by atoms with Gasteiger partial charge in [-0.25, -0.2) is 15.0 Å². The molecule has 0 radical (unpaired) electrons. The second kappa shape index (κ2) is 12.6. The first kappa shape index (κ1) is 31.1. The van der Waals surface area contributed by atoms with E-state index in [0.29, 0.717) is 5.82 Å². The van der Waals surface area contributed by atoms with E-state index in [0.717, 1.165) is 72.0 Å². The zero-order chi connectivity index (χ0) is 36.3. The highest BCUT2D eigenvalue weighted by Crippen LogP contribution is 2.40. The molecule has 11 aromatic rings. The van der Waals surface area contributed by atoms with Crippen LogP contribution in [0.25, 0.3) is 105 Å². The molecule has 0 fully saturated rings. The van der Waals surface area contributed by atoms with Crippen molar-refractivity contribution in [2.45, 2.75) is 0 Å². The Morgan fingerprint density at radius 1 is 0.291 bits per heavy atom. The number of nitrogens with zero attached hydrogens (tertiary/aromatic N) is 4. The van der Waals surface area contributed by atoms with Crippen molar-refractivity contribution in [3.63, 3.8) is 0 Å². The van der Waals surface area contributed by atoms with Gasteiger partial charge in [0.05, 0.1) is 33.5 Å². The summed E-state index contributed by atoms with van der Waals surface area (Å²) in [6, 6.07) is 68.5. The van der Waals surface area contributed by atoms with Gasteiger partial charge in [0, 0.05) is 49.3 Å². The summed E-state index contributed by atoms with van der Waals surface area (Å²) >= 11 is 0. The summed E-state index contributed by atoms with van der Waals surface area (Å²) < 4.78 is 2.37. The van der Waals surface area contributed by atoms with Gasteiger partial charge in [-0.15, -0.1) is 0 Å². The van der Waals surface area contributed by atoms with Crippen LogP contribution in [0.5, 0.6) is 0 Å². The van der Waals surface area contributed by atoms with Crippen LogP contribution in [0.2, 0.25) is 0 Å². The first-order valence-corrected chi connectivity index (χ1v) is 18.6. The molecule has 0 bridgehead atoms. The highest BCUT2D eigenvalue weighted by atomic mass is 15.0. The van der Waals surface area contributed by atoms with Crippen LogP contribution in [-0.4, -0.2) is 19.5 Å². The Kier molecular flexibility index (Phi) is 7.14. The average Bonchev–Trinajstić information content (AvgIpc) is 3.59. The Balaban J connectivity index is 1.06. The number of aromatic nitrogens is 4. The van der Waals surface area contributed by atoms with E-state index in [2.05, 4.69) is 187 Å². The van der Waals surface area contributed by atoms with Crippen LogP contribution in [0.4, 0.5) is 0 Å². The van der Waals surface area contributed by atoms with Crippen molar-refractivity contribution in [3.8, 4) is 50.7 Å². The number of rotatable bonds is 5. The average molecular weight is 701 g/mol. The summed E-state index contributed by atoms with van der Waals surface area (Å²) in [7, 11) is 0. The monoisotopic (exact) mass is 700 g/mol. The summed E-state index contributed by atoms with van der Waals surface area (Å²) in [6.07, 6.45) is 0. The normalized spacial score (nSPS) is 11.6. The Morgan fingerprint density at radius 2 is 0.818 bits per heavy atom. The van der Waals surface area contributed by atoms with Crippen molar-refractivity contribution >= 4 is 54.4 Å². The molecule has 4 heteroatoms. The zero-order valence-electron chi connectivity index (χ0n) is 29.8. The van der Waals surface area contributed by atoms with Crippen LogP contribution in [-0.2, 0) is 0 Å². The third-order valence-electron chi connectivity index (χ3n) is 10.8. The summed E-state index contributed by atoms with van der Waals surface area (Å²) in [5.74, 6) is 0.700. The molecule has 55 heavy (non-hydrogen) atoms. The number of pyridine rings is 1. The molecular weight excluding hydrogens is 669 g/mol. The maximum absolute atomic E-state index is 5.23. The summed E-state index contributed by atoms with van der Waals surface area (Å²) in [5.41, 5.74) is 12.7. The van der Waals surface area contributed by atoms with Crippen molar-refractivity contribution in [3.05, 3.63) is 194 Å². The molecule has 11 rings (SSSR count). The number of benzene rings is 8. The Hall–Kier alpha value is -7.43. The fourth-order valence-electron chi connectivity index (χ4n) is 8.14. The Labute approximate surface area is 317 Å². The van der Waals surface area contributed by atoms with E-state index in [1.165, 1.54) is 27.3 Å². The topological polar surface area (TPSA) is 43.6 Å². The first-order valence-electron chi connectivity index (χ1n) is 18.6. The molecule has 3 aromatic heterocycles. The first-order chi connectivity index (χ1) is 27.3. The second-order valence-corrected chi connectivity index (χ2v) is 14.0. The Bertz CT molecular complexity index is 3220. The molecule has 0 amide bonds. The predicted molar refractivity (Wildman–Crippen MR) is 228 cm³/mol. The largest absolute Gasteiger partial charge is 0.309 e. The van der Waals surface area contributed by atoms with Gasteiger partial charge in [0.2, 0.25) is 0 Å². The maximum Gasteiger partial charge on any atom is 0.160 e. The number of fused-ring (bicyclic) bond motifs is 7. The molecule has 0 atom stereocenters. The lowest BCUT2D eigenvalue weighted by molar-refractivity contribution is 1.17. The highest BCUT2D eigenvalue weighted by Gasteiger charge is 2.18. The van der Waals surface area contributed by atoms with Crippen molar-refractivity contribution in [1.82, 2.24) is 19.5 Å². The molecule has 0 spiro atoms. The maximum atomic E-state index is 5.23. The van der Waals surface area contributed by atoms with Gasteiger partial charge in [0.25, 0.3) is 0 Å². The molecule has 0 aliphatic rings.